The zero-order chi connectivity index (χ0) is 17.9. The first-order valence-corrected chi connectivity index (χ1v) is 9.22. The van der Waals surface area contributed by atoms with Gasteiger partial charge in [-0.1, -0.05) is 31.2 Å². The molecule has 0 atom stereocenters. The lowest BCUT2D eigenvalue weighted by Gasteiger charge is -2.29. The van der Waals surface area contributed by atoms with Gasteiger partial charge in [-0.3, -0.25) is 4.90 Å². The first-order chi connectivity index (χ1) is 12.7. The molecular formula is C22H23NO3. The highest BCUT2D eigenvalue weighted by Gasteiger charge is 2.20. The summed E-state index contributed by atoms with van der Waals surface area (Å²) in [6, 6.07) is 15.8. The molecule has 26 heavy (non-hydrogen) atoms. The summed E-state index contributed by atoms with van der Waals surface area (Å²) in [5, 5.41) is 0.931. The quantitative estimate of drug-likeness (QED) is 0.649. The molecule has 134 valence electrons. The van der Waals surface area contributed by atoms with Crippen LogP contribution in [0.15, 0.2) is 57.7 Å². The van der Waals surface area contributed by atoms with Crippen LogP contribution in [-0.4, -0.2) is 18.1 Å². The second-order valence-corrected chi connectivity index (χ2v) is 6.79. The van der Waals surface area contributed by atoms with Crippen molar-refractivity contribution in [3.63, 3.8) is 0 Å². The van der Waals surface area contributed by atoms with Crippen molar-refractivity contribution in [1.82, 2.24) is 4.90 Å². The lowest BCUT2D eigenvalue weighted by Crippen LogP contribution is -2.30. The molecule has 4 nitrogen and oxygen atoms in total. The summed E-state index contributed by atoms with van der Waals surface area (Å²) in [5.74, 6) is 0.813. The van der Waals surface area contributed by atoms with Gasteiger partial charge in [0.1, 0.15) is 11.3 Å². The van der Waals surface area contributed by atoms with Crippen LogP contribution >= 0.6 is 0 Å². The first-order valence-electron chi connectivity index (χ1n) is 9.22. The topological polar surface area (TPSA) is 42.7 Å². The zero-order valence-corrected chi connectivity index (χ0v) is 15.0. The van der Waals surface area contributed by atoms with Crippen molar-refractivity contribution >= 4 is 11.0 Å². The SMILES string of the molecule is CCCOc1ccc2ccc(=O)oc2c1CN1CCc2ccccc2C1. The maximum absolute atomic E-state index is 11.8. The van der Waals surface area contributed by atoms with E-state index in [1.165, 1.54) is 17.2 Å². The first kappa shape index (κ1) is 16.9. The highest BCUT2D eigenvalue weighted by molar-refractivity contribution is 5.82. The molecule has 0 N–H and O–H groups in total. The standard InChI is InChI=1S/C22H23NO3/c1-2-13-25-20-9-7-17-8-10-21(24)26-22(17)19(20)15-23-12-11-16-5-3-4-6-18(16)14-23/h3-10H,2,11-15H2,1H3. The molecular weight excluding hydrogens is 326 g/mol. The van der Waals surface area contributed by atoms with Crippen molar-refractivity contribution in [1.29, 1.82) is 0 Å². The van der Waals surface area contributed by atoms with E-state index in [9.17, 15) is 4.79 Å². The molecule has 0 fully saturated rings. The Bertz CT molecular complexity index is 977. The third-order valence-electron chi connectivity index (χ3n) is 4.90. The van der Waals surface area contributed by atoms with E-state index in [0.717, 1.165) is 42.6 Å². The molecule has 0 saturated carbocycles. The van der Waals surface area contributed by atoms with Gasteiger partial charge < -0.3 is 9.15 Å². The van der Waals surface area contributed by atoms with Crippen LogP contribution in [0.2, 0.25) is 0 Å². The van der Waals surface area contributed by atoms with Crippen molar-refractivity contribution in [2.24, 2.45) is 0 Å². The van der Waals surface area contributed by atoms with Crippen molar-refractivity contribution in [3.05, 3.63) is 75.6 Å². The molecule has 2 heterocycles. The summed E-state index contributed by atoms with van der Waals surface area (Å²) in [6.45, 7) is 5.33. The fourth-order valence-electron chi connectivity index (χ4n) is 3.58. The molecule has 0 radical (unpaired) electrons. The zero-order valence-electron chi connectivity index (χ0n) is 15.0. The molecule has 1 aliphatic rings. The predicted molar refractivity (Wildman–Crippen MR) is 103 cm³/mol. The van der Waals surface area contributed by atoms with E-state index in [2.05, 4.69) is 36.1 Å². The molecule has 0 aliphatic carbocycles. The van der Waals surface area contributed by atoms with Crippen LogP contribution in [0.3, 0.4) is 0 Å². The largest absolute Gasteiger partial charge is 0.493 e. The van der Waals surface area contributed by atoms with Crippen LogP contribution in [0.1, 0.15) is 30.0 Å². The van der Waals surface area contributed by atoms with Gasteiger partial charge in [-0.15, -0.1) is 0 Å². The highest BCUT2D eigenvalue weighted by Crippen LogP contribution is 2.30. The summed E-state index contributed by atoms with van der Waals surface area (Å²) >= 11 is 0. The molecule has 2 aromatic carbocycles. The number of hydrogen-bond donors (Lipinski definition) is 0. The number of fused-ring (bicyclic) bond motifs is 2. The third kappa shape index (κ3) is 3.37. The van der Waals surface area contributed by atoms with Crippen LogP contribution in [0, 0.1) is 0 Å². The summed E-state index contributed by atoms with van der Waals surface area (Å²) in [6.07, 6.45) is 1.98. The Kier molecular flexibility index (Phi) is 4.76. The smallest absolute Gasteiger partial charge is 0.336 e. The van der Waals surface area contributed by atoms with Crippen molar-refractivity contribution < 1.29 is 9.15 Å². The maximum Gasteiger partial charge on any atom is 0.336 e. The van der Waals surface area contributed by atoms with Gasteiger partial charge >= 0.3 is 5.63 Å². The average Bonchev–Trinajstić information content (AvgIpc) is 2.67. The second kappa shape index (κ2) is 7.34. The lowest BCUT2D eigenvalue weighted by atomic mass is 9.99. The summed E-state index contributed by atoms with van der Waals surface area (Å²) in [4.78, 5) is 14.2. The van der Waals surface area contributed by atoms with Gasteiger partial charge in [0, 0.05) is 31.1 Å². The third-order valence-corrected chi connectivity index (χ3v) is 4.90. The van der Waals surface area contributed by atoms with E-state index in [4.69, 9.17) is 9.15 Å². The monoisotopic (exact) mass is 349 g/mol. The molecule has 0 unspecified atom stereocenters. The molecule has 4 rings (SSSR count). The van der Waals surface area contributed by atoms with E-state index >= 15 is 0 Å². The van der Waals surface area contributed by atoms with Gasteiger partial charge in [-0.2, -0.15) is 0 Å². The van der Waals surface area contributed by atoms with Gasteiger partial charge in [0.15, 0.2) is 0 Å². The minimum atomic E-state index is -0.324. The minimum absolute atomic E-state index is 0.324. The molecule has 1 aliphatic heterocycles. The van der Waals surface area contributed by atoms with Crippen molar-refractivity contribution in [2.75, 3.05) is 13.2 Å². The molecule has 3 aromatic rings. The number of nitrogens with zero attached hydrogens (tertiary/aromatic N) is 1. The van der Waals surface area contributed by atoms with E-state index in [1.54, 1.807) is 0 Å². The van der Waals surface area contributed by atoms with Crippen LogP contribution in [0.4, 0.5) is 0 Å². The van der Waals surface area contributed by atoms with Gasteiger partial charge in [-0.25, -0.2) is 4.79 Å². The van der Waals surface area contributed by atoms with Gasteiger partial charge in [0.25, 0.3) is 0 Å². The number of rotatable bonds is 5. The normalized spacial score (nSPS) is 14.3. The highest BCUT2D eigenvalue weighted by atomic mass is 16.5. The summed E-state index contributed by atoms with van der Waals surface area (Å²) in [7, 11) is 0. The van der Waals surface area contributed by atoms with E-state index < -0.39 is 0 Å². The molecule has 0 saturated heterocycles. The Morgan fingerprint density at radius 2 is 1.88 bits per heavy atom. The van der Waals surface area contributed by atoms with E-state index in [0.29, 0.717) is 18.7 Å². The Morgan fingerprint density at radius 3 is 2.73 bits per heavy atom. The second-order valence-electron chi connectivity index (χ2n) is 6.79. The number of benzene rings is 2. The van der Waals surface area contributed by atoms with Crippen molar-refractivity contribution in [2.45, 2.75) is 32.9 Å². The molecule has 0 spiro atoms. The van der Waals surface area contributed by atoms with Crippen molar-refractivity contribution in [3.8, 4) is 5.75 Å². The van der Waals surface area contributed by atoms with Gasteiger partial charge in [-0.05, 0) is 42.2 Å². The van der Waals surface area contributed by atoms with Crippen LogP contribution < -0.4 is 10.4 Å². The van der Waals surface area contributed by atoms with Crippen LogP contribution in [0.5, 0.6) is 5.75 Å². The summed E-state index contributed by atoms with van der Waals surface area (Å²) < 4.78 is 11.5. The van der Waals surface area contributed by atoms with Gasteiger partial charge in [0.2, 0.25) is 0 Å². The molecule has 1 aromatic heterocycles. The Morgan fingerprint density at radius 1 is 1.08 bits per heavy atom. The van der Waals surface area contributed by atoms with Crippen LogP contribution in [0.25, 0.3) is 11.0 Å². The number of ether oxygens (including phenoxy) is 1. The molecule has 0 amide bonds. The average molecular weight is 349 g/mol. The van der Waals surface area contributed by atoms with Gasteiger partial charge in [0.05, 0.1) is 12.2 Å². The fourth-order valence-corrected chi connectivity index (χ4v) is 3.58. The number of hydrogen-bond acceptors (Lipinski definition) is 4. The van der Waals surface area contributed by atoms with E-state index in [-0.39, 0.29) is 5.63 Å². The maximum atomic E-state index is 11.8. The Balaban J connectivity index is 1.70. The molecule has 0 bridgehead atoms. The Hall–Kier alpha value is -2.59. The minimum Gasteiger partial charge on any atom is -0.493 e. The summed E-state index contributed by atoms with van der Waals surface area (Å²) in [5.41, 5.74) is 4.08. The van der Waals surface area contributed by atoms with Crippen LogP contribution in [-0.2, 0) is 19.5 Å². The van der Waals surface area contributed by atoms with E-state index in [1.807, 2.05) is 18.2 Å². The predicted octanol–water partition coefficient (Wildman–Crippen LogP) is 4.14. The lowest BCUT2D eigenvalue weighted by molar-refractivity contribution is 0.237. The fraction of sp³-hybridized carbons (Fsp3) is 0.318. The Labute approximate surface area is 153 Å². The molecule has 4 heteroatoms.